The first-order valence-electron chi connectivity index (χ1n) is 7.17. The second-order valence-electron chi connectivity index (χ2n) is 5.88. The van der Waals surface area contributed by atoms with Crippen molar-refractivity contribution >= 4 is 11.0 Å². The van der Waals surface area contributed by atoms with Crippen LogP contribution in [0.1, 0.15) is 49.9 Å². The van der Waals surface area contributed by atoms with Gasteiger partial charge in [-0.05, 0) is 37.8 Å². The Balaban J connectivity index is 1.93. The van der Waals surface area contributed by atoms with Gasteiger partial charge < -0.3 is 10.3 Å². The fourth-order valence-electron chi connectivity index (χ4n) is 3.39. The van der Waals surface area contributed by atoms with E-state index in [4.69, 9.17) is 5.73 Å². The summed E-state index contributed by atoms with van der Waals surface area (Å²) in [6, 6.07) is 5.93. The van der Waals surface area contributed by atoms with Gasteiger partial charge in [-0.25, -0.2) is 9.37 Å². The Labute approximate surface area is 111 Å². The number of rotatable bonds is 2. The predicted octanol–water partition coefficient (Wildman–Crippen LogP) is 3.11. The SMILES string of the molecule is NC1CCCC1c1nc2c(F)cccc2n1C1CC1. The summed E-state index contributed by atoms with van der Waals surface area (Å²) < 4.78 is 16.2. The lowest BCUT2D eigenvalue weighted by atomic mass is 10.0. The van der Waals surface area contributed by atoms with Gasteiger partial charge in [-0.1, -0.05) is 12.5 Å². The first-order chi connectivity index (χ1) is 9.25. The maximum absolute atomic E-state index is 13.9. The first kappa shape index (κ1) is 11.4. The quantitative estimate of drug-likeness (QED) is 0.900. The van der Waals surface area contributed by atoms with E-state index in [1.165, 1.54) is 18.9 Å². The molecular weight excluding hydrogens is 241 g/mol. The molecule has 0 amide bonds. The average molecular weight is 259 g/mol. The van der Waals surface area contributed by atoms with Crippen molar-refractivity contribution in [3.63, 3.8) is 0 Å². The molecule has 2 aliphatic rings. The molecular formula is C15H18FN3. The highest BCUT2D eigenvalue weighted by Gasteiger charge is 2.35. The van der Waals surface area contributed by atoms with E-state index in [1.54, 1.807) is 6.07 Å². The smallest absolute Gasteiger partial charge is 0.151 e. The van der Waals surface area contributed by atoms with Crippen LogP contribution in [0.4, 0.5) is 4.39 Å². The number of nitrogens with two attached hydrogens (primary N) is 1. The maximum Gasteiger partial charge on any atom is 0.151 e. The van der Waals surface area contributed by atoms with Gasteiger partial charge in [0.2, 0.25) is 0 Å². The molecule has 100 valence electrons. The molecule has 2 unspecified atom stereocenters. The molecule has 19 heavy (non-hydrogen) atoms. The summed E-state index contributed by atoms with van der Waals surface area (Å²) in [4.78, 5) is 4.61. The summed E-state index contributed by atoms with van der Waals surface area (Å²) in [5.41, 5.74) is 7.67. The topological polar surface area (TPSA) is 43.8 Å². The first-order valence-corrected chi connectivity index (χ1v) is 7.17. The van der Waals surface area contributed by atoms with Crippen molar-refractivity contribution in [1.82, 2.24) is 9.55 Å². The van der Waals surface area contributed by atoms with Crippen LogP contribution in [0.25, 0.3) is 11.0 Å². The third-order valence-electron chi connectivity index (χ3n) is 4.51. The zero-order valence-corrected chi connectivity index (χ0v) is 10.8. The van der Waals surface area contributed by atoms with E-state index in [9.17, 15) is 4.39 Å². The van der Waals surface area contributed by atoms with Gasteiger partial charge in [0.1, 0.15) is 11.3 Å². The van der Waals surface area contributed by atoms with Crippen LogP contribution >= 0.6 is 0 Å². The number of hydrogen-bond acceptors (Lipinski definition) is 2. The zero-order chi connectivity index (χ0) is 13.0. The molecule has 4 rings (SSSR count). The van der Waals surface area contributed by atoms with Crippen LogP contribution in [0.3, 0.4) is 0 Å². The molecule has 3 nitrogen and oxygen atoms in total. The molecule has 4 heteroatoms. The Kier molecular flexibility index (Phi) is 2.42. The number of halogens is 1. The standard InChI is InChI=1S/C15H18FN3/c16-11-4-2-6-13-14(11)18-15(19(13)9-7-8-9)10-3-1-5-12(10)17/h2,4,6,9-10,12H,1,3,5,7-8,17H2. The average Bonchev–Trinajstić information content (AvgIpc) is 3.02. The fourth-order valence-corrected chi connectivity index (χ4v) is 3.39. The van der Waals surface area contributed by atoms with Gasteiger partial charge in [-0.2, -0.15) is 0 Å². The Morgan fingerprint density at radius 3 is 2.74 bits per heavy atom. The van der Waals surface area contributed by atoms with E-state index in [2.05, 4.69) is 9.55 Å². The highest BCUT2D eigenvalue weighted by Crippen LogP contribution is 2.43. The van der Waals surface area contributed by atoms with Crippen LogP contribution in [-0.2, 0) is 0 Å². The van der Waals surface area contributed by atoms with E-state index in [1.807, 2.05) is 6.07 Å². The Morgan fingerprint density at radius 2 is 2.05 bits per heavy atom. The van der Waals surface area contributed by atoms with Gasteiger partial charge in [-0.15, -0.1) is 0 Å². The van der Waals surface area contributed by atoms with Crippen LogP contribution < -0.4 is 5.73 Å². The molecule has 1 aromatic heterocycles. The van der Waals surface area contributed by atoms with Gasteiger partial charge in [0.15, 0.2) is 5.82 Å². The van der Waals surface area contributed by atoms with E-state index < -0.39 is 0 Å². The second-order valence-corrected chi connectivity index (χ2v) is 5.88. The lowest BCUT2D eigenvalue weighted by Crippen LogP contribution is -2.25. The molecule has 2 N–H and O–H groups in total. The minimum absolute atomic E-state index is 0.178. The summed E-state index contributed by atoms with van der Waals surface area (Å²) in [5.74, 6) is 1.10. The molecule has 1 heterocycles. The number of imidazole rings is 1. The van der Waals surface area contributed by atoms with Crippen molar-refractivity contribution in [3.8, 4) is 0 Å². The Hall–Kier alpha value is -1.42. The number of nitrogens with zero attached hydrogens (tertiary/aromatic N) is 2. The van der Waals surface area contributed by atoms with Gasteiger partial charge in [0.25, 0.3) is 0 Å². The van der Waals surface area contributed by atoms with Crippen molar-refractivity contribution in [2.45, 2.75) is 50.1 Å². The molecule has 2 fully saturated rings. The Bertz CT molecular complexity index is 630. The van der Waals surface area contributed by atoms with Crippen LogP contribution in [0.5, 0.6) is 0 Å². The lowest BCUT2D eigenvalue weighted by molar-refractivity contribution is 0.546. The molecule has 0 saturated heterocycles. The second kappa shape index (κ2) is 4.04. The van der Waals surface area contributed by atoms with Gasteiger partial charge >= 0.3 is 0 Å². The van der Waals surface area contributed by atoms with Crippen LogP contribution in [0.2, 0.25) is 0 Å². The molecule has 1 aromatic carbocycles. The van der Waals surface area contributed by atoms with Gasteiger partial charge in [0, 0.05) is 18.0 Å². The zero-order valence-electron chi connectivity index (χ0n) is 10.8. The monoisotopic (exact) mass is 259 g/mol. The molecule has 2 aliphatic carbocycles. The minimum atomic E-state index is -0.218. The molecule has 0 radical (unpaired) electrons. The highest BCUT2D eigenvalue weighted by molar-refractivity contribution is 5.77. The maximum atomic E-state index is 13.9. The lowest BCUT2D eigenvalue weighted by Gasteiger charge is -2.17. The molecule has 2 atom stereocenters. The summed E-state index contributed by atoms with van der Waals surface area (Å²) in [6.45, 7) is 0. The summed E-state index contributed by atoms with van der Waals surface area (Å²) in [5, 5.41) is 0. The van der Waals surface area contributed by atoms with Crippen molar-refractivity contribution in [2.24, 2.45) is 5.73 Å². The number of hydrogen-bond donors (Lipinski definition) is 1. The van der Waals surface area contributed by atoms with E-state index in [-0.39, 0.29) is 11.9 Å². The Morgan fingerprint density at radius 1 is 1.21 bits per heavy atom. The van der Waals surface area contributed by atoms with Crippen molar-refractivity contribution in [1.29, 1.82) is 0 Å². The molecule has 0 bridgehead atoms. The van der Waals surface area contributed by atoms with E-state index >= 15 is 0 Å². The highest BCUT2D eigenvalue weighted by atomic mass is 19.1. The molecule has 2 aromatic rings. The summed E-state index contributed by atoms with van der Waals surface area (Å²) in [7, 11) is 0. The van der Waals surface area contributed by atoms with Crippen LogP contribution in [0.15, 0.2) is 18.2 Å². The fraction of sp³-hybridized carbons (Fsp3) is 0.533. The number of aromatic nitrogens is 2. The number of para-hydroxylation sites is 1. The minimum Gasteiger partial charge on any atom is -0.327 e. The van der Waals surface area contributed by atoms with E-state index in [0.29, 0.717) is 17.5 Å². The predicted molar refractivity (Wildman–Crippen MR) is 72.5 cm³/mol. The van der Waals surface area contributed by atoms with Gasteiger partial charge in [0.05, 0.1) is 5.52 Å². The van der Waals surface area contributed by atoms with Crippen molar-refractivity contribution in [2.75, 3.05) is 0 Å². The third kappa shape index (κ3) is 1.70. The molecule has 2 saturated carbocycles. The normalized spacial score (nSPS) is 27.3. The summed E-state index contributed by atoms with van der Waals surface area (Å²) in [6.07, 6.45) is 5.65. The number of benzene rings is 1. The molecule has 0 spiro atoms. The summed E-state index contributed by atoms with van der Waals surface area (Å²) >= 11 is 0. The van der Waals surface area contributed by atoms with Crippen molar-refractivity contribution < 1.29 is 4.39 Å². The van der Waals surface area contributed by atoms with Crippen LogP contribution in [-0.4, -0.2) is 15.6 Å². The van der Waals surface area contributed by atoms with Crippen LogP contribution in [0, 0.1) is 5.82 Å². The third-order valence-corrected chi connectivity index (χ3v) is 4.51. The number of fused-ring (bicyclic) bond motifs is 1. The largest absolute Gasteiger partial charge is 0.327 e. The molecule has 0 aliphatic heterocycles. The van der Waals surface area contributed by atoms with Crippen molar-refractivity contribution in [3.05, 3.63) is 29.8 Å². The van der Waals surface area contributed by atoms with Gasteiger partial charge in [-0.3, -0.25) is 0 Å². The van der Waals surface area contributed by atoms with E-state index in [0.717, 1.165) is 30.6 Å².